The molecule has 0 bridgehead atoms. The smallest absolute Gasteiger partial charge is 0.255 e. The molecule has 0 radical (unpaired) electrons. The lowest BCUT2D eigenvalue weighted by atomic mass is 10.2. The fourth-order valence-corrected chi connectivity index (χ4v) is 1.57. The third-order valence-electron chi connectivity index (χ3n) is 2.68. The number of phenolic OH excluding ortho intramolecular Hbond substituents is 1. The van der Waals surface area contributed by atoms with E-state index in [1.54, 1.807) is 23.1 Å². The van der Waals surface area contributed by atoms with E-state index in [-0.39, 0.29) is 23.4 Å². The molecule has 0 saturated heterocycles. The van der Waals surface area contributed by atoms with Crippen molar-refractivity contribution in [2.45, 2.75) is 19.9 Å². The molecule has 1 aromatic heterocycles. The summed E-state index contributed by atoms with van der Waals surface area (Å²) in [7, 11) is 0. The van der Waals surface area contributed by atoms with Crippen LogP contribution in [-0.2, 0) is 0 Å². The van der Waals surface area contributed by atoms with Crippen LogP contribution in [-0.4, -0.2) is 20.8 Å². The molecule has 0 aliphatic carbocycles. The molecular formula is C13H16N4O2. The Morgan fingerprint density at radius 1 is 1.47 bits per heavy atom. The lowest BCUT2D eigenvalue weighted by Gasteiger charge is -2.05. The largest absolute Gasteiger partial charge is 0.506 e. The van der Waals surface area contributed by atoms with Gasteiger partial charge in [0, 0.05) is 17.8 Å². The molecule has 0 unspecified atom stereocenters. The first kappa shape index (κ1) is 12.9. The number of anilines is 2. The van der Waals surface area contributed by atoms with Crippen molar-refractivity contribution in [3.05, 3.63) is 36.2 Å². The second kappa shape index (κ2) is 5.01. The summed E-state index contributed by atoms with van der Waals surface area (Å²) in [6, 6.07) is 4.60. The first-order valence-corrected chi connectivity index (χ1v) is 5.91. The highest BCUT2D eigenvalue weighted by molar-refractivity contribution is 6.04. The number of benzene rings is 1. The van der Waals surface area contributed by atoms with Crippen LogP contribution in [0, 0.1) is 0 Å². The molecule has 6 heteroatoms. The molecule has 4 N–H and O–H groups in total. The van der Waals surface area contributed by atoms with E-state index in [4.69, 9.17) is 5.73 Å². The minimum Gasteiger partial charge on any atom is -0.506 e. The number of aromatic hydroxyl groups is 1. The summed E-state index contributed by atoms with van der Waals surface area (Å²) in [5.41, 5.74) is 6.67. The standard InChI is InChI=1S/C13H16N4O2/c1-8(2)17-7-10(6-15-17)16-13(19)9-3-4-11(14)12(18)5-9/h3-8,18H,14H2,1-2H3,(H,16,19). The molecule has 1 amide bonds. The lowest BCUT2D eigenvalue weighted by molar-refractivity contribution is 0.102. The number of carbonyl (C=O) groups excluding carboxylic acids is 1. The maximum atomic E-state index is 12.0. The van der Waals surface area contributed by atoms with E-state index < -0.39 is 0 Å². The predicted octanol–water partition coefficient (Wildman–Crippen LogP) is 2.00. The molecule has 100 valence electrons. The number of nitrogen functional groups attached to an aromatic ring is 1. The number of nitrogens with two attached hydrogens (primary N) is 1. The van der Waals surface area contributed by atoms with Crippen molar-refractivity contribution in [3.63, 3.8) is 0 Å². The van der Waals surface area contributed by atoms with Crippen molar-refractivity contribution in [1.82, 2.24) is 9.78 Å². The van der Waals surface area contributed by atoms with Crippen molar-refractivity contribution < 1.29 is 9.90 Å². The van der Waals surface area contributed by atoms with E-state index in [0.29, 0.717) is 11.3 Å². The molecule has 0 aliphatic heterocycles. The normalized spacial score (nSPS) is 10.7. The van der Waals surface area contributed by atoms with E-state index in [9.17, 15) is 9.90 Å². The highest BCUT2D eigenvalue weighted by atomic mass is 16.3. The number of aromatic nitrogens is 2. The van der Waals surface area contributed by atoms with Gasteiger partial charge in [-0.25, -0.2) is 0 Å². The summed E-state index contributed by atoms with van der Waals surface area (Å²) in [6.07, 6.45) is 3.33. The Kier molecular flexibility index (Phi) is 3.41. The fourth-order valence-electron chi connectivity index (χ4n) is 1.57. The number of hydrogen-bond acceptors (Lipinski definition) is 4. The molecule has 1 heterocycles. The Morgan fingerprint density at radius 2 is 2.21 bits per heavy atom. The van der Waals surface area contributed by atoms with Crippen LogP contribution < -0.4 is 11.1 Å². The summed E-state index contributed by atoms with van der Waals surface area (Å²) >= 11 is 0. The first-order valence-electron chi connectivity index (χ1n) is 5.91. The highest BCUT2D eigenvalue weighted by Gasteiger charge is 2.10. The van der Waals surface area contributed by atoms with Crippen LogP contribution in [0.3, 0.4) is 0 Å². The van der Waals surface area contributed by atoms with Crippen LogP contribution in [0.2, 0.25) is 0 Å². The average molecular weight is 260 g/mol. The minimum absolute atomic E-state index is 0.106. The first-order chi connectivity index (χ1) is 8.97. The van der Waals surface area contributed by atoms with Crippen LogP contribution in [0.25, 0.3) is 0 Å². The average Bonchev–Trinajstić information content (AvgIpc) is 2.81. The lowest BCUT2D eigenvalue weighted by Crippen LogP contribution is -2.11. The van der Waals surface area contributed by atoms with Crippen molar-refractivity contribution in [2.75, 3.05) is 11.1 Å². The van der Waals surface area contributed by atoms with Crippen LogP contribution in [0.15, 0.2) is 30.6 Å². The van der Waals surface area contributed by atoms with E-state index in [0.717, 1.165) is 0 Å². The zero-order valence-corrected chi connectivity index (χ0v) is 10.8. The Bertz CT molecular complexity index is 604. The fraction of sp³-hybridized carbons (Fsp3) is 0.231. The quantitative estimate of drug-likeness (QED) is 0.581. The molecule has 0 atom stereocenters. The third-order valence-corrected chi connectivity index (χ3v) is 2.68. The van der Waals surface area contributed by atoms with Crippen molar-refractivity contribution in [1.29, 1.82) is 0 Å². The van der Waals surface area contributed by atoms with E-state index in [1.165, 1.54) is 12.1 Å². The molecular weight excluding hydrogens is 244 g/mol. The molecule has 0 aliphatic rings. The molecule has 0 spiro atoms. The zero-order chi connectivity index (χ0) is 14.0. The van der Waals surface area contributed by atoms with E-state index in [1.807, 2.05) is 13.8 Å². The van der Waals surface area contributed by atoms with Gasteiger partial charge >= 0.3 is 0 Å². The van der Waals surface area contributed by atoms with Gasteiger partial charge < -0.3 is 16.2 Å². The molecule has 0 fully saturated rings. The third kappa shape index (κ3) is 2.85. The van der Waals surface area contributed by atoms with Crippen molar-refractivity contribution >= 4 is 17.3 Å². The van der Waals surface area contributed by atoms with Gasteiger partial charge in [-0.3, -0.25) is 9.48 Å². The van der Waals surface area contributed by atoms with Crippen LogP contribution in [0.1, 0.15) is 30.2 Å². The Morgan fingerprint density at radius 3 is 2.79 bits per heavy atom. The molecule has 6 nitrogen and oxygen atoms in total. The minimum atomic E-state index is -0.321. The molecule has 1 aromatic carbocycles. The topological polar surface area (TPSA) is 93.2 Å². The Balaban J connectivity index is 2.13. The Hall–Kier alpha value is -2.50. The molecule has 2 aromatic rings. The van der Waals surface area contributed by atoms with Gasteiger partial charge in [0.2, 0.25) is 0 Å². The number of hydrogen-bond donors (Lipinski definition) is 3. The van der Waals surface area contributed by atoms with Gasteiger partial charge in [-0.15, -0.1) is 0 Å². The van der Waals surface area contributed by atoms with Gasteiger partial charge in [0.1, 0.15) is 5.75 Å². The van der Waals surface area contributed by atoms with Gasteiger partial charge in [0.25, 0.3) is 5.91 Å². The number of carbonyl (C=O) groups is 1. The van der Waals surface area contributed by atoms with Crippen LogP contribution >= 0.6 is 0 Å². The number of nitrogens with one attached hydrogen (secondary N) is 1. The summed E-state index contributed by atoms with van der Waals surface area (Å²) in [6.45, 7) is 3.99. The molecule has 19 heavy (non-hydrogen) atoms. The number of amides is 1. The van der Waals surface area contributed by atoms with Crippen LogP contribution in [0.4, 0.5) is 11.4 Å². The molecule has 0 saturated carbocycles. The number of rotatable bonds is 3. The predicted molar refractivity (Wildman–Crippen MR) is 73.1 cm³/mol. The van der Waals surface area contributed by atoms with Gasteiger partial charge in [-0.2, -0.15) is 5.10 Å². The maximum Gasteiger partial charge on any atom is 0.255 e. The van der Waals surface area contributed by atoms with E-state index >= 15 is 0 Å². The highest BCUT2D eigenvalue weighted by Crippen LogP contribution is 2.21. The summed E-state index contributed by atoms with van der Waals surface area (Å²) < 4.78 is 1.75. The summed E-state index contributed by atoms with van der Waals surface area (Å²) in [5, 5.41) is 16.3. The second-order valence-electron chi connectivity index (χ2n) is 4.53. The number of nitrogens with zero attached hydrogens (tertiary/aromatic N) is 2. The second-order valence-corrected chi connectivity index (χ2v) is 4.53. The van der Waals surface area contributed by atoms with Crippen molar-refractivity contribution in [2.24, 2.45) is 0 Å². The Labute approximate surface area is 110 Å². The summed E-state index contributed by atoms with van der Waals surface area (Å²) in [4.78, 5) is 12.0. The summed E-state index contributed by atoms with van der Waals surface area (Å²) in [5.74, 6) is -0.427. The van der Waals surface area contributed by atoms with Gasteiger partial charge in [-0.1, -0.05) is 0 Å². The van der Waals surface area contributed by atoms with Crippen LogP contribution in [0.5, 0.6) is 5.75 Å². The maximum absolute atomic E-state index is 12.0. The van der Waals surface area contributed by atoms with Gasteiger partial charge in [0.15, 0.2) is 0 Å². The van der Waals surface area contributed by atoms with Gasteiger partial charge in [0.05, 0.1) is 17.6 Å². The monoisotopic (exact) mass is 260 g/mol. The van der Waals surface area contributed by atoms with Gasteiger partial charge in [-0.05, 0) is 32.0 Å². The molecule has 2 rings (SSSR count). The SMILES string of the molecule is CC(C)n1cc(NC(=O)c2ccc(N)c(O)c2)cn1. The van der Waals surface area contributed by atoms with Crippen molar-refractivity contribution in [3.8, 4) is 5.75 Å². The zero-order valence-electron chi connectivity index (χ0n) is 10.8. The number of phenols is 1. The van der Waals surface area contributed by atoms with E-state index in [2.05, 4.69) is 10.4 Å².